The molecule has 1 aliphatic carbocycles. The van der Waals surface area contributed by atoms with Crippen LogP contribution in [0.2, 0.25) is 18.1 Å². The van der Waals surface area contributed by atoms with E-state index in [1.54, 1.807) is 6.92 Å². The number of ether oxygens (including phenoxy) is 1. The van der Waals surface area contributed by atoms with Crippen LogP contribution in [0.25, 0.3) is 0 Å². The van der Waals surface area contributed by atoms with Gasteiger partial charge in [0.05, 0.1) is 12.7 Å². The van der Waals surface area contributed by atoms with Gasteiger partial charge in [0.25, 0.3) is 0 Å². The summed E-state index contributed by atoms with van der Waals surface area (Å²) in [6.07, 6.45) is -0.121. The fourth-order valence-electron chi connectivity index (χ4n) is 3.05. The fourth-order valence-corrected chi connectivity index (χ4v) is 4.50. The van der Waals surface area contributed by atoms with Gasteiger partial charge in [0.2, 0.25) is 0 Å². The summed E-state index contributed by atoms with van der Waals surface area (Å²) in [6, 6.07) is 0. The predicted octanol–water partition coefficient (Wildman–Crippen LogP) is 4.05. The van der Waals surface area contributed by atoms with Crippen molar-refractivity contribution in [3.63, 3.8) is 0 Å². The van der Waals surface area contributed by atoms with E-state index in [1.807, 2.05) is 13.8 Å². The van der Waals surface area contributed by atoms with Crippen LogP contribution in [0.3, 0.4) is 0 Å². The Morgan fingerprint density at radius 1 is 1.13 bits per heavy atom. The Kier molecular flexibility index (Phi) is 6.25. The van der Waals surface area contributed by atoms with E-state index in [9.17, 15) is 9.59 Å². The first-order chi connectivity index (χ1) is 10.3. The van der Waals surface area contributed by atoms with Crippen molar-refractivity contribution in [3.05, 3.63) is 0 Å². The SMILES string of the molecule is CCOC(=O)C1C(=O)[C@@H](C)[C@H](O[Si](C)(C)C(C)(C)C)[C@@H](C)[C@H]1C. The molecule has 0 aromatic carbocycles. The molecule has 0 aromatic rings. The highest BCUT2D eigenvalue weighted by Crippen LogP contribution is 2.43. The molecule has 0 aromatic heterocycles. The highest BCUT2D eigenvalue weighted by molar-refractivity contribution is 6.74. The van der Waals surface area contributed by atoms with E-state index in [1.165, 1.54) is 0 Å². The lowest BCUT2D eigenvalue weighted by Gasteiger charge is -2.47. The first-order valence-corrected chi connectivity index (χ1v) is 11.6. The summed E-state index contributed by atoms with van der Waals surface area (Å²) >= 11 is 0. The zero-order chi connectivity index (χ0) is 18.2. The van der Waals surface area contributed by atoms with Gasteiger partial charge >= 0.3 is 5.97 Å². The smallest absolute Gasteiger partial charge is 0.316 e. The number of esters is 1. The summed E-state index contributed by atoms with van der Waals surface area (Å²) in [6.45, 7) is 19.1. The molecule has 1 rings (SSSR count). The second-order valence-electron chi connectivity index (χ2n) is 8.48. The molecule has 0 saturated heterocycles. The Labute approximate surface area is 142 Å². The van der Waals surface area contributed by atoms with Gasteiger partial charge in [-0.05, 0) is 36.9 Å². The Morgan fingerprint density at radius 2 is 1.65 bits per heavy atom. The summed E-state index contributed by atoms with van der Waals surface area (Å²) in [4.78, 5) is 25.0. The van der Waals surface area contributed by atoms with Gasteiger partial charge in [0.1, 0.15) is 5.92 Å². The molecule has 0 heterocycles. The van der Waals surface area contributed by atoms with Crippen LogP contribution in [-0.2, 0) is 18.8 Å². The molecule has 0 N–H and O–H groups in total. The molecule has 4 nitrogen and oxygen atoms in total. The van der Waals surface area contributed by atoms with Crippen molar-refractivity contribution in [3.8, 4) is 0 Å². The second kappa shape index (κ2) is 7.05. The minimum Gasteiger partial charge on any atom is -0.465 e. The lowest BCUT2D eigenvalue weighted by atomic mass is 9.67. The van der Waals surface area contributed by atoms with Gasteiger partial charge in [-0.2, -0.15) is 0 Å². The van der Waals surface area contributed by atoms with Crippen molar-refractivity contribution in [2.75, 3.05) is 6.61 Å². The van der Waals surface area contributed by atoms with Crippen LogP contribution in [-0.4, -0.2) is 32.8 Å². The predicted molar refractivity (Wildman–Crippen MR) is 94.7 cm³/mol. The maximum absolute atomic E-state index is 12.8. The van der Waals surface area contributed by atoms with E-state index in [0.717, 1.165) is 0 Å². The van der Waals surface area contributed by atoms with Crippen LogP contribution in [0.5, 0.6) is 0 Å². The fraction of sp³-hybridized carbons (Fsp3) is 0.889. The molecule has 5 atom stereocenters. The number of carbonyl (C=O) groups excluding carboxylic acids is 2. The molecule has 0 aliphatic heterocycles. The largest absolute Gasteiger partial charge is 0.465 e. The summed E-state index contributed by atoms with van der Waals surface area (Å²) in [5.41, 5.74) is 0. The van der Waals surface area contributed by atoms with E-state index in [-0.39, 0.29) is 40.6 Å². The third-order valence-corrected chi connectivity index (χ3v) is 10.4. The van der Waals surface area contributed by atoms with Crippen LogP contribution < -0.4 is 0 Å². The molecule has 0 spiro atoms. The molecule has 0 bridgehead atoms. The lowest BCUT2D eigenvalue weighted by Crippen LogP contribution is -2.55. The Balaban J connectivity index is 3.04. The quantitative estimate of drug-likeness (QED) is 0.439. The molecular formula is C18H34O4Si. The highest BCUT2D eigenvalue weighted by atomic mass is 28.4. The molecule has 1 unspecified atom stereocenters. The lowest BCUT2D eigenvalue weighted by molar-refractivity contribution is -0.161. The van der Waals surface area contributed by atoms with E-state index < -0.39 is 14.2 Å². The third kappa shape index (κ3) is 4.05. The van der Waals surface area contributed by atoms with Crippen molar-refractivity contribution < 1.29 is 18.8 Å². The van der Waals surface area contributed by atoms with Crippen LogP contribution in [0.15, 0.2) is 0 Å². The number of hydrogen-bond acceptors (Lipinski definition) is 4. The van der Waals surface area contributed by atoms with Crippen molar-refractivity contribution in [1.29, 1.82) is 0 Å². The van der Waals surface area contributed by atoms with Crippen molar-refractivity contribution in [2.45, 2.75) is 72.7 Å². The summed E-state index contributed by atoms with van der Waals surface area (Å²) in [5, 5.41) is 0.0940. The maximum atomic E-state index is 12.8. The van der Waals surface area contributed by atoms with E-state index in [2.05, 4.69) is 40.8 Å². The van der Waals surface area contributed by atoms with Gasteiger partial charge in [0.15, 0.2) is 14.1 Å². The minimum absolute atomic E-state index is 0.0299. The Bertz CT molecular complexity index is 452. The molecule has 1 aliphatic rings. The van der Waals surface area contributed by atoms with Crippen molar-refractivity contribution in [2.24, 2.45) is 23.7 Å². The van der Waals surface area contributed by atoms with Gasteiger partial charge in [-0.15, -0.1) is 0 Å². The zero-order valence-corrected chi connectivity index (χ0v) is 17.2. The molecule has 1 saturated carbocycles. The maximum Gasteiger partial charge on any atom is 0.316 e. The van der Waals surface area contributed by atoms with Gasteiger partial charge < -0.3 is 9.16 Å². The van der Waals surface area contributed by atoms with E-state index >= 15 is 0 Å². The summed E-state index contributed by atoms with van der Waals surface area (Å²) in [5.74, 6) is -1.25. The zero-order valence-electron chi connectivity index (χ0n) is 16.2. The number of Topliss-reactive ketones (excluding diaryl/α,β-unsaturated/α-hetero) is 1. The van der Waals surface area contributed by atoms with Gasteiger partial charge in [-0.1, -0.05) is 41.5 Å². The Morgan fingerprint density at radius 3 is 2.09 bits per heavy atom. The van der Waals surface area contributed by atoms with E-state index in [0.29, 0.717) is 6.61 Å². The standard InChI is InChI=1S/C18H34O4Si/c1-10-21-17(20)14-11(2)12(3)16(13(4)15(14)19)22-23(8,9)18(5,6)7/h11-14,16H,10H2,1-9H3/t11-,12+,13-,14?,16-/m1/s1. The van der Waals surface area contributed by atoms with Crippen LogP contribution >= 0.6 is 0 Å². The molecule has 5 heteroatoms. The monoisotopic (exact) mass is 342 g/mol. The highest BCUT2D eigenvalue weighted by Gasteiger charge is 2.51. The number of rotatable bonds is 4. The van der Waals surface area contributed by atoms with Gasteiger partial charge in [-0.3, -0.25) is 9.59 Å². The van der Waals surface area contributed by atoms with Crippen LogP contribution in [0.4, 0.5) is 0 Å². The molecule has 134 valence electrons. The Hall–Kier alpha value is -0.683. The first kappa shape index (κ1) is 20.4. The number of ketones is 1. The van der Waals surface area contributed by atoms with Crippen LogP contribution in [0.1, 0.15) is 48.5 Å². The summed E-state index contributed by atoms with van der Waals surface area (Å²) in [7, 11) is -1.97. The molecule has 0 radical (unpaired) electrons. The minimum atomic E-state index is -1.97. The van der Waals surface area contributed by atoms with Crippen molar-refractivity contribution in [1.82, 2.24) is 0 Å². The van der Waals surface area contributed by atoms with E-state index in [4.69, 9.17) is 9.16 Å². The molecule has 1 fully saturated rings. The second-order valence-corrected chi connectivity index (χ2v) is 13.2. The van der Waals surface area contributed by atoms with Gasteiger partial charge in [-0.25, -0.2) is 0 Å². The van der Waals surface area contributed by atoms with Crippen LogP contribution in [0, 0.1) is 23.7 Å². The molecular weight excluding hydrogens is 308 g/mol. The average Bonchev–Trinajstić information content (AvgIpc) is 2.41. The normalized spacial score (nSPS) is 32.7. The van der Waals surface area contributed by atoms with Gasteiger partial charge in [0, 0.05) is 5.92 Å². The summed E-state index contributed by atoms with van der Waals surface area (Å²) < 4.78 is 11.7. The average molecular weight is 343 g/mol. The molecule has 0 amide bonds. The number of carbonyl (C=O) groups is 2. The number of hydrogen-bond donors (Lipinski definition) is 0. The first-order valence-electron chi connectivity index (χ1n) is 8.73. The topological polar surface area (TPSA) is 52.6 Å². The third-order valence-electron chi connectivity index (χ3n) is 5.90. The molecule has 23 heavy (non-hydrogen) atoms. The van der Waals surface area contributed by atoms with Crippen molar-refractivity contribution >= 4 is 20.1 Å².